The molecule has 1 aromatic heterocycles. The molecule has 0 radical (unpaired) electrons. The van der Waals surface area contributed by atoms with Gasteiger partial charge in [-0.1, -0.05) is 11.6 Å². The van der Waals surface area contributed by atoms with Crippen LogP contribution in [-0.4, -0.2) is 22.0 Å². The van der Waals surface area contributed by atoms with Gasteiger partial charge >= 0.3 is 5.97 Å². The van der Waals surface area contributed by atoms with Crippen molar-refractivity contribution in [2.45, 2.75) is 6.92 Å². The number of hydrogen-bond acceptors (Lipinski definition) is 3. The molecule has 2 rings (SSSR count). The van der Waals surface area contributed by atoms with E-state index >= 15 is 0 Å². The Morgan fingerprint density at radius 3 is 2.57 bits per heavy atom. The van der Waals surface area contributed by atoms with Crippen molar-refractivity contribution < 1.29 is 19.1 Å². The molecule has 21 heavy (non-hydrogen) atoms. The van der Waals surface area contributed by atoms with Gasteiger partial charge in [0.1, 0.15) is 11.0 Å². The number of aryl methyl sites for hydroxylation is 1. The molecule has 0 unspecified atom stereocenters. The van der Waals surface area contributed by atoms with Gasteiger partial charge in [0.2, 0.25) is 0 Å². The summed E-state index contributed by atoms with van der Waals surface area (Å²) in [6.07, 6.45) is 0. The van der Waals surface area contributed by atoms with Crippen LogP contribution < -0.4 is 5.32 Å². The molecule has 1 amide bonds. The Kier molecular flexibility index (Phi) is 4.18. The summed E-state index contributed by atoms with van der Waals surface area (Å²) in [5.41, 5.74) is 0.527. The van der Waals surface area contributed by atoms with E-state index in [1.54, 1.807) is 6.92 Å². The van der Waals surface area contributed by atoms with E-state index in [0.717, 1.165) is 12.1 Å². The summed E-state index contributed by atoms with van der Waals surface area (Å²) in [6, 6.07) is 6.24. The van der Waals surface area contributed by atoms with Crippen LogP contribution in [0.5, 0.6) is 0 Å². The van der Waals surface area contributed by atoms with Gasteiger partial charge in [-0.15, -0.1) is 0 Å². The fourth-order valence-corrected chi connectivity index (χ4v) is 1.98. The number of carboxylic acid groups (broad SMARTS) is 1. The largest absolute Gasteiger partial charge is 0.478 e. The SMILES string of the molecule is Cc1cc(C(=O)Nc2ccc(C(=O)O)c(F)c2)cc(Cl)n1. The lowest BCUT2D eigenvalue weighted by Crippen LogP contribution is -2.13. The maximum absolute atomic E-state index is 13.5. The summed E-state index contributed by atoms with van der Waals surface area (Å²) in [6.45, 7) is 1.68. The first-order valence-corrected chi connectivity index (χ1v) is 6.23. The summed E-state index contributed by atoms with van der Waals surface area (Å²) < 4.78 is 13.5. The fraction of sp³-hybridized carbons (Fsp3) is 0.0714. The standard InChI is InChI=1S/C14H10ClFN2O3/c1-7-4-8(5-12(15)17-7)13(19)18-9-2-3-10(14(20)21)11(16)6-9/h2-6H,1H3,(H,18,19)(H,20,21). The number of carbonyl (C=O) groups excluding carboxylic acids is 1. The molecule has 0 aliphatic rings. The van der Waals surface area contributed by atoms with Crippen LogP contribution in [0.15, 0.2) is 30.3 Å². The maximum Gasteiger partial charge on any atom is 0.338 e. The lowest BCUT2D eigenvalue weighted by Gasteiger charge is -2.07. The zero-order valence-corrected chi connectivity index (χ0v) is 11.6. The third-order valence-electron chi connectivity index (χ3n) is 2.64. The Morgan fingerprint density at radius 2 is 2.00 bits per heavy atom. The number of carbonyl (C=O) groups is 2. The van der Waals surface area contributed by atoms with Gasteiger partial charge in [-0.25, -0.2) is 14.2 Å². The molecule has 0 aliphatic heterocycles. The summed E-state index contributed by atoms with van der Waals surface area (Å²) in [5.74, 6) is -2.80. The number of carboxylic acids is 1. The number of aromatic nitrogens is 1. The van der Waals surface area contributed by atoms with Crippen LogP contribution in [0.2, 0.25) is 5.15 Å². The minimum absolute atomic E-state index is 0.146. The second-order valence-corrected chi connectivity index (χ2v) is 4.66. The molecular formula is C14H10ClFN2O3. The average Bonchev–Trinajstić information content (AvgIpc) is 2.37. The summed E-state index contributed by atoms with van der Waals surface area (Å²) in [7, 11) is 0. The number of aromatic carboxylic acids is 1. The Bertz CT molecular complexity index is 714. The highest BCUT2D eigenvalue weighted by molar-refractivity contribution is 6.29. The van der Waals surface area contributed by atoms with Gasteiger partial charge in [0.25, 0.3) is 5.91 Å². The van der Waals surface area contributed by atoms with E-state index in [1.807, 2.05) is 0 Å². The minimum Gasteiger partial charge on any atom is -0.478 e. The Balaban J connectivity index is 2.23. The number of halogens is 2. The molecule has 1 heterocycles. The fourth-order valence-electron chi connectivity index (χ4n) is 1.73. The number of nitrogens with zero attached hydrogens (tertiary/aromatic N) is 1. The van der Waals surface area contributed by atoms with E-state index < -0.39 is 23.3 Å². The van der Waals surface area contributed by atoms with Crippen LogP contribution in [0.3, 0.4) is 0 Å². The lowest BCUT2D eigenvalue weighted by molar-refractivity contribution is 0.0692. The molecule has 0 atom stereocenters. The van der Waals surface area contributed by atoms with Crippen molar-refractivity contribution in [3.63, 3.8) is 0 Å². The zero-order chi connectivity index (χ0) is 15.6. The zero-order valence-electron chi connectivity index (χ0n) is 10.9. The highest BCUT2D eigenvalue weighted by Crippen LogP contribution is 2.17. The van der Waals surface area contributed by atoms with Crippen LogP contribution >= 0.6 is 11.6 Å². The topological polar surface area (TPSA) is 79.3 Å². The van der Waals surface area contributed by atoms with E-state index in [1.165, 1.54) is 18.2 Å². The Labute approximate surface area is 124 Å². The number of amides is 1. The number of anilines is 1. The number of benzene rings is 1. The van der Waals surface area contributed by atoms with Gasteiger partial charge < -0.3 is 10.4 Å². The van der Waals surface area contributed by atoms with Crippen molar-refractivity contribution >= 4 is 29.2 Å². The average molecular weight is 309 g/mol. The number of rotatable bonds is 3. The van der Waals surface area contributed by atoms with Crippen molar-refractivity contribution in [1.29, 1.82) is 0 Å². The first kappa shape index (κ1) is 14.9. The molecule has 0 bridgehead atoms. The highest BCUT2D eigenvalue weighted by Gasteiger charge is 2.13. The van der Waals surface area contributed by atoms with Crippen LogP contribution in [0.4, 0.5) is 10.1 Å². The Morgan fingerprint density at radius 1 is 1.29 bits per heavy atom. The van der Waals surface area contributed by atoms with Crippen molar-refractivity contribution in [3.8, 4) is 0 Å². The smallest absolute Gasteiger partial charge is 0.338 e. The molecule has 0 saturated carbocycles. The van der Waals surface area contributed by atoms with Crippen LogP contribution in [-0.2, 0) is 0 Å². The van der Waals surface area contributed by atoms with Crippen molar-refractivity contribution in [2.24, 2.45) is 0 Å². The molecule has 2 N–H and O–H groups in total. The molecule has 7 heteroatoms. The third kappa shape index (κ3) is 3.55. The van der Waals surface area contributed by atoms with E-state index in [-0.39, 0.29) is 16.4 Å². The molecule has 0 fully saturated rings. The molecule has 2 aromatic rings. The Hall–Kier alpha value is -2.47. The van der Waals surface area contributed by atoms with Crippen LogP contribution in [0.1, 0.15) is 26.4 Å². The molecule has 0 spiro atoms. The predicted molar refractivity (Wildman–Crippen MR) is 75.3 cm³/mol. The minimum atomic E-state index is -1.37. The molecule has 1 aromatic carbocycles. The van der Waals surface area contributed by atoms with E-state index in [4.69, 9.17) is 16.7 Å². The van der Waals surface area contributed by atoms with Gasteiger partial charge in [-0.05, 0) is 37.3 Å². The van der Waals surface area contributed by atoms with E-state index in [0.29, 0.717) is 5.69 Å². The van der Waals surface area contributed by atoms with Gasteiger partial charge in [0, 0.05) is 16.9 Å². The normalized spacial score (nSPS) is 10.2. The number of pyridine rings is 1. The first-order chi connectivity index (χ1) is 9.86. The highest BCUT2D eigenvalue weighted by atomic mass is 35.5. The van der Waals surface area contributed by atoms with Gasteiger partial charge in [0.15, 0.2) is 0 Å². The third-order valence-corrected chi connectivity index (χ3v) is 2.84. The van der Waals surface area contributed by atoms with Crippen molar-refractivity contribution in [3.05, 3.63) is 58.1 Å². The monoisotopic (exact) mass is 308 g/mol. The quantitative estimate of drug-likeness (QED) is 0.854. The first-order valence-electron chi connectivity index (χ1n) is 5.85. The summed E-state index contributed by atoms with van der Waals surface area (Å²) in [4.78, 5) is 26.6. The summed E-state index contributed by atoms with van der Waals surface area (Å²) >= 11 is 5.76. The van der Waals surface area contributed by atoms with Crippen molar-refractivity contribution in [1.82, 2.24) is 4.98 Å². The van der Waals surface area contributed by atoms with Crippen LogP contribution in [0, 0.1) is 12.7 Å². The number of nitrogens with one attached hydrogen (secondary N) is 1. The molecule has 0 aliphatic carbocycles. The molecule has 108 valence electrons. The number of hydrogen-bond donors (Lipinski definition) is 2. The van der Waals surface area contributed by atoms with Gasteiger partial charge in [0.05, 0.1) is 5.56 Å². The maximum atomic E-state index is 13.5. The molecule has 0 saturated heterocycles. The molecular weight excluding hydrogens is 299 g/mol. The second-order valence-electron chi connectivity index (χ2n) is 4.27. The predicted octanol–water partition coefficient (Wildman–Crippen LogP) is 3.13. The molecule has 5 nitrogen and oxygen atoms in total. The second kappa shape index (κ2) is 5.88. The summed E-state index contributed by atoms with van der Waals surface area (Å²) in [5, 5.41) is 11.4. The van der Waals surface area contributed by atoms with E-state index in [2.05, 4.69) is 10.3 Å². The van der Waals surface area contributed by atoms with E-state index in [9.17, 15) is 14.0 Å². The lowest BCUT2D eigenvalue weighted by atomic mass is 10.1. The van der Waals surface area contributed by atoms with Gasteiger partial charge in [-0.2, -0.15) is 0 Å². The van der Waals surface area contributed by atoms with Crippen LogP contribution in [0.25, 0.3) is 0 Å². The van der Waals surface area contributed by atoms with Gasteiger partial charge in [-0.3, -0.25) is 4.79 Å². The van der Waals surface area contributed by atoms with Crippen molar-refractivity contribution in [2.75, 3.05) is 5.32 Å².